The summed E-state index contributed by atoms with van der Waals surface area (Å²) < 4.78 is 0. The molecule has 2 N–H and O–H groups in total. The summed E-state index contributed by atoms with van der Waals surface area (Å²) >= 11 is 0. The Kier molecular flexibility index (Phi) is 5.23. The maximum Gasteiger partial charge on any atom is 0.112 e. The van der Waals surface area contributed by atoms with Gasteiger partial charge in [-0.1, -0.05) is 63.8 Å². The van der Waals surface area contributed by atoms with Gasteiger partial charge in [0.15, 0.2) is 0 Å². The minimum atomic E-state index is -0.282. The van der Waals surface area contributed by atoms with Gasteiger partial charge in [-0.25, -0.2) is 0 Å². The SMILES string of the molecule is CC(C)c1ccc(C2C(C#N)C(N)=NC3CCCCCCC32)cc1. The van der Waals surface area contributed by atoms with Gasteiger partial charge in [-0.15, -0.1) is 0 Å². The number of benzene rings is 1. The van der Waals surface area contributed by atoms with E-state index in [1.54, 1.807) is 0 Å². The van der Waals surface area contributed by atoms with E-state index in [0.29, 0.717) is 23.7 Å². The average molecular weight is 323 g/mol. The van der Waals surface area contributed by atoms with Gasteiger partial charge in [0.1, 0.15) is 11.8 Å². The van der Waals surface area contributed by atoms with Crippen molar-refractivity contribution >= 4 is 5.84 Å². The van der Waals surface area contributed by atoms with Gasteiger partial charge >= 0.3 is 0 Å². The highest BCUT2D eigenvalue weighted by Gasteiger charge is 2.41. The lowest BCUT2D eigenvalue weighted by Gasteiger charge is -2.40. The summed E-state index contributed by atoms with van der Waals surface area (Å²) in [5.41, 5.74) is 8.83. The first-order valence-corrected chi connectivity index (χ1v) is 9.44. The van der Waals surface area contributed by atoms with Crippen LogP contribution in [0.2, 0.25) is 0 Å². The molecule has 1 aromatic carbocycles. The highest BCUT2D eigenvalue weighted by molar-refractivity contribution is 5.87. The van der Waals surface area contributed by atoms with E-state index in [2.05, 4.69) is 44.2 Å². The van der Waals surface area contributed by atoms with Crippen molar-refractivity contribution in [2.24, 2.45) is 22.6 Å². The van der Waals surface area contributed by atoms with E-state index in [1.165, 1.54) is 36.8 Å². The summed E-state index contributed by atoms with van der Waals surface area (Å²) in [4.78, 5) is 4.75. The number of aliphatic imine (C=N–C) groups is 1. The van der Waals surface area contributed by atoms with Gasteiger partial charge in [0, 0.05) is 5.92 Å². The molecule has 1 aliphatic carbocycles. The summed E-state index contributed by atoms with van der Waals surface area (Å²) in [5, 5.41) is 9.74. The van der Waals surface area contributed by atoms with Crippen molar-refractivity contribution in [1.29, 1.82) is 5.26 Å². The maximum absolute atomic E-state index is 9.74. The summed E-state index contributed by atoms with van der Waals surface area (Å²) in [7, 11) is 0. The number of hydrogen-bond acceptors (Lipinski definition) is 3. The van der Waals surface area contributed by atoms with Gasteiger partial charge in [0.2, 0.25) is 0 Å². The van der Waals surface area contributed by atoms with Crippen LogP contribution in [0.1, 0.15) is 75.3 Å². The zero-order valence-electron chi connectivity index (χ0n) is 14.9. The molecule has 3 rings (SSSR count). The van der Waals surface area contributed by atoms with Gasteiger partial charge in [-0.3, -0.25) is 4.99 Å². The first kappa shape index (κ1) is 17.0. The normalized spacial score (nSPS) is 30.7. The standard InChI is InChI=1S/C21H29N3/c1-14(2)15-9-11-16(12-10-15)20-17-7-5-3-4-6-8-19(17)24-21(23)18(20)13-22/h9-12,14,17-20H,3-8H2,1-2H3,(H2,23,24). The minimum Gasteiger partial charge on any atom is -0.386 e. The fourth-order valence-electron chi connectivity index (χ4n) is 4.46. The van der Waals surface area contributed by atoms with E-state index in [-0.39, 0.29) is 11.8 Å². The van der Waals surface area contributed by atoms with Crippen molar-refractivity contribution in [3.05, 3.63) is 35.4 Å². The molecule has 128 valence electrons. The Bertz CT molecular complexity index is 623. The van der Waals surface area contributed by atoms with E-state index in [1.807, 2.05) is 0 Å². The highest BCUT2D eigenvalue weighted by atomic mass is 14.9. The largest absolute Gasteiger partial charge is 0.386 e. The number of fused-ring (bicyclic) bond motifs is 1. The molecule has 24 heavy (non-hydrogen) atoms. The van der Waals surface area contributed by atoms with Crippen molar-refractivity contribution in [3.63, 3.8) is 0 Å². The first-order valence-electron chi connectivity index (χ1n) is 9.44. The van der Waals surface area contributed by atoms with Crippen LogP contribution in [0, 0.1) is 23.2 Å². The number of nitrogens with two attached hydrogens (primary N) is 1. The number of nitriles is 1. The van der Waals surface area contributed by atoms with Crippen molar-refractivity contribution < 1.29 is 0 Å². The molecule has 1 fully saturated rings. The van der Waals surface area contributed by atoms with Gasteiger partial charge in [-0.2, -0.15) is 5.26 Å². The first-order chi connectivity index (χ1) is 11.6. The van der Waals surface area contributed by atoms with E-state index in [0.717, 1.165) is 12.8 Å². The van der Waals surface area contributed by atoms with E-state index >= 15 is 0 Å². The molecule has 1 aliphatic heterocycles. The quantitative estimate of drug-likeness (QED) is 0.854. The van der Waals surface area contributed by atoms with E-state index in [9.17, 15) is 5.26 Å². The Morgan fingerprint density at radius 1 is 1.08 bits per heavy atom. The molecule has 1 heterocycles. The predicted octanol–water partition coefficient (Wildman–Crippen LogP) is 4.74. The fraction of sp³-hybridized carbons (Fsp3) is 0.619. The fourth-order valence-corrected chi connectivity index (χ4v) is 4.46. The molecule has 4 unspecified atom stereocenters. The predicted molar refractivity (Wildman–Crippen MR) is 99.0 cm³/mol. The molecular formula is C21H29N3. The Balaban J connectivity index is 1.97. The maximum atomic E-state index is 9.74. The number of amidine groups is 1. The second-order valence-corrected chi connectivity index (χ2v) is 7.73. The molecule has 1 aromatic rings. The summed E-state index contributed by atoms with van der Waals surface area (Å²) in [6.45, 7) is 4.42. The zero-order valence-corrected chi connectivity index (χ0v) is 14.9. The number of rotatable bonds is 2. The smallest absolute Gasteiger partial charge is 0.112 e. The lowest BCUT2D eigenvalue weighted by Crippen LogP contribution is -2.42. The lowest BCUT2D eigenvalue weighted by atomic mass is 9.68. The van der Waals surface area contributed by atoms with Crippen LogP contribution in [0.5, 0.6) is 0 Å². The molecule has 0 spiro atoms. The van der Waals surface area contributed by atoms with E-state index < -0.39 is 0 Å². The third kappa shape index (κ3) is 3.34. The van der Waals surface area contributed by atoms with Gasteiger partial charge in [0.25, 0.3) is 0 Å². The molecule has 0 aromatic heterocycles. The van der Waals surface area contributed by atoms with Gasteiger partial charge < -0.3 is 5.73 Å². The monoisotopic (exact) mass is 323 g/mol. The lowest BCUT2D eigenvalue weighted by molar-refractivity contribution is 0.256. The Morgan fingerprint density at radius 3 is 2.38 bits per heavy atom. The highest BCUT2D eigenvalue weighted by Crippen LogP contribution is 2.44. The van der Waals surface area contributed by atoms with Crippen LogP contribution in [0.15, 0.2) is 29.3 Å². The summed E-state index contributed by atoms with van der Waals surface area (Å²) in [6.07, 6.45) is 7.36. The molecular weight excluding hydrogens is 294 g/mol. The van der Waals surface area contributed by atoms with Crippen molar-refractivity contribution in [1.82, 2.24) is 0 Å². The molecule has 0 saturated heterocycles. The topological polar surface area (TPSA) is 62.2 Å². The average Bonchev–Trinajstić information content (AvgIpc) is 2.56. The van der Waals surface area contributed by atoms with E-state index in [4.69, 9.17) is 10.7 Å². The third-order valence-electron chi connectivity index (χ3n) is 5.86. The van der Waals surface area contributed by atoms with Crippen LogP contribution < -0.4 is 5.73 Å². The second-order valence-electron chi connectivity index (χ2n) is 7.73. The van der Waals surface area contributed by atoms with Crippen LogP contribution in [-0.4, -0.2) is 11.9 Å². The molecule has 0 amide bonds. The van der Waals surface area contributed by atoms with Crippen LogP contribution >= 0.6 is 0 Å². The van der Waals surface area contributed by atoms with Crippen molar-refractivity contribution in [2.75, 3.05) is 0 Å². The molecule has 1 saturated carbocycles. The molecule has 2 aliphatic rings. The third-order valence-corrected chi connectivity index (χ3v) is 5.86. The van der Waals surface area contributed by atoms with Gasteiger partial charge in [0.05, 0.1) is 12.1 Å². The second kappa shape index (κ2) is 7.38. The molecule has 3 nitrogen and oxygen atoms in total. The molecule has 3 heteroatoms. The zero-order chi connectivity index (χ0) is 17.1. The van der Waals surface area contributed by atoms with Gasteiger partial charge in [-0.05, 0) is 35.8 Å². The van der Waals surface area contributed by atoms with Crippen LogP contribution in [0.25, 0.3) is 0 Å². The van der Waals surface area contributed by atoms with Crippen molar-refractivity contribution in [2.45, 2.75) is 70.3 Å². The number of nitrogens with zero attached hydrogens (tertiary/aromatic N) is 2. The summed E-state index contributed by atoms with van der Waals surface area (Å²) in [5.74, 6) is 1.44. The minimum absolute atomic E-state index is 0.191. The molecule has 4 atom stereocenters. The van der Waals surface area contributed by atoms with Crippen LogP contribution in [0.4, 0.5) is 0 Å². The Morgan fingerprint density at radius 2 is 1.75 bits per heavy atom. The van der Waals surface area contributed by atoms with Crippen LogP contribution in [0.3, 0.4) is 0 Å². The molecule has 0 radical (unpaired) electrons. The molecule has 0 bridgehead atoms. The Hall–Kier alpha value is -1.82. The van der Waals surface area contributed by atoms with Crippen LogP contribution in [-0.2, 0) is 0 Å². The van der Waals surface area contributed by atoms with Crippen molar-refractivity contribution in [3.8, 4) is 6.07 Å². The Labute approximate surface area is 146 Å². The summed E-state index contributed by atoms with van der Waals surface area (Å²) in [6, 6.07) is 11.6. The number of hydrogen-bond donors (Lipinski definition) is 1.